The number of hydrogen-bond acceptors (Lipinski definition) is 4. The summed E-state index contributed by atoms with van der Waals surface area (Å²) in [6, 6.07) is 4.19. The number of carbonyl (C=O) groups is 1. The fourth-order valence-electron chi connectivity index (χ4n) is 1.46. The van der Waals surface area contributed by atoms with Gasteiger partial charge >= 0.3 is 5.97 Å². The number of aryl methyl sites for hydroxylation is 1. The van der Waals surface area contributed by atoms with Crippen LogP contribution in [0.4, 0.5) is 4.39 Å². The van der Waals surface area contributed by atoms with E-state index in [0.717, 1.165) is 5.56 Å². The monoisotopic (exact) mass is 242 g/mol. The van der Waals surface area contributed by atoms with E-state index in [0.29, 0.717) is 0 Å². The Morgan fingerprint density at radius 3 is 2.71 bits per heavy atom. The molecule has 0 aromatic heterocycles. The molecule has 0 fully saturated rings. The molecule has 0 aliphatic rings. The standard InChI is InChI=1S/C12H15FO4/c1-7-3-4-9(13)8(5-7)12(16)10(14)6-11(15)17-2/h3-5,10,12,14,16H,6H2,1-2H3. The molecule has 0 amide bonds. The van der Waals surface area contributed by atoms with Crippen molar-refractivity contribution in [3.8, 4) is 0 Å². The van der Waals surface area contributed by atoms with Crippen molar-refractivity contribution in [2.45, 2.75) is 25.6 Å². The molecule has 1 aromatic carbocycles. The number of rotatable bonds is 4. The van der Waals surface area contributed by atoms with Gasteiger partial charge in [0.15, 0.2) is 0 Å². The fraction of sp³-hybridized carbons (Fsp3) is 0.417. The van der Waals surface area contributed by atoms with Crippen LogP contribution in [0.3, 0.4) is 0 Å². The molecule has 2 unspecified atom stereocenters. The van der Waals surface area contributed by atoms with Crippen LogP contribution >= 0.6 is 0 Å². The van der Waals surface area contributed by atoms with E-state index in [1.807, 2.05) is 0 Å². The molecule has 1 aromatic rings. The van der Waals surface area contributed by atoms with E-state index in [2.05, 4.69) is 4.74 Å². The Balaban J connectivity index is 2.84. The van der Waals surface area contributed by atoms with Crippen LogP contribution in [0.5, 0.6) is 0 Å². The number of aliphatic hydroxyl groups excluding tert-OH is 2. The van der Waals surface area contributed by atoms with Gasteiger partial charge in [0.2, 0.25) is 0 Å². The Morgan fingerprint density at radius 2 is 2.12 bits per heavy atom. The minimum absolute atomic E-state index is 0.0265. The zero-order valence-electron chi connectivity index (χ0n) is 9.68. The van der Waals surface area contributed by atoms with Crippen molar-refractivity contribution in [2.75, 3.05) is 7.11 Å². The third kappa shape index (κ3) is 3.51. The maximum atomic E-state index is 13.4. The van der Waals surface area contributed by atoms with Crippen LogP contribution in [-0.4, -0.2) is 29.4 Å². The van der Waals surface area contributed by atoms with Gasteiger partial charge in [-0.25, -0.2) is 4.39 Å². The SMILES string of the molecule is COC(=O)CC(O)C(O)c1cc(C)ccc1F. The molecule has 0 radical (unpaired) electrons. The smallest absolute Gasteiger partial charge is 0.308 e. The van der Waals surface area contributed by atoms with Crippen molar-refractivity contribution >= 4 is 5.97 Å². The van der Waals surface area contributed by atoms with Crippen LogP contribution in [0, 0.1) is 12.7 Å². The topological polar surface area (TPSA) is 66.8 Å². The third-order valence-electron chi connectivity index (χ3n) is 2.44. The second-order valence-electron chi connectivity index (χ2n) is 3.82. The number of esters is 1. The van der Waals surface area contributed by atoms with Gasteiger partial charge in [-0.3, -0.25) is 4.79 Å². The second kappa shape index (κ2) is 5.75. The first-order valence-corrected chi connectivity index (χ1v) is 5.14. The average molecular weight is 242 g/mol. The van der Waals surface area contributed by atoms with Crippen molar-refractivity contribution in [3.63, 3.8) is 0 Å². The lowest BCUT2D eigenvalue weighted by atomic mass is 10.00. The summed E-state index contributed by atoms with van der Waals surface area (Å²) < 4.78 is 17.8. The first-order chi connectivity index (χ1) is 7.95. The molecule has 4 nitrogen and oxygen atoms in total. The quantitative estimate of drug-likeness (QED) is 0.776. The van der Waals surface area contributed by atoms with Crippen molar-refractivity contribution in [2.24, 2.45) is 0 Å². The average Bonchev–Trinajstić information content (AvgIpc) is 2.31. The minimum Gasteiger partial charge on any atom is -0.469 e. The van der Waals surface area contributed by atoms with Crippen molar-refractivity contribution in [1.29, 1.82) is 0 Å². The van der Waals surface area contributed by atoms with Gasteiger partial charge in [-0.15, -0.1) is 0 Å². The highest BCUT2D eigenvalue weighted by atomic mass is 19.1. The van der Waals surface area contributed by atoms with E-state index in [9.17, 15) is 19.4 Å². The van der Waals surface area contributed by atoms with Crippen molar-refractivity contribution < 1.29 is 24.1 Å². The van der Waals surface area contributed by atoms with Gasteiger partial charge in [0.25, 0.3) is 0 Å². The number of halogens is 1. The van der Waals surface area contributed by atoms with Gasteiger partial charge in [0.05, 0.1) is 19.6 Å². The summed E-state index contributed by atoms with van der Waals surface area (Å²) in [4.78, 5) is 10.9. The summed E-state index contributed by atoms with van der Waals surface area (Å²) in [6.45, 7) is 1.74. The van der Waals surface area contributed by atoms with Crippen LogP contribution in [-0.2, 0) is 9.53 Å². The molecule has 2 atom stereocenters. The lowest BCUT2D eigenvalue weighted by Gasteiger charge is -2.18. The van der Waals surface area contributed by atoms with Gasteiger partial charge in [-0.1, -0.05) is 17.7 Å². The first-order valence-electron chi connectivity index (χ1n) is 5.14. The summed E-state index contributed by atoms with van der Waals surface area (Å²) in [5.74, 6) is -1.28. The highest BCUT2D eigenvalue weighted by Gasteiger charge is 2.24. The maximum absolute atomic E-state index is 13.4. The molecule has 0 spiro atoms. The third-order valence-corrected chi connectivity index (χ3v) is 2.44. The van der Waals surface area contributed by atoms with Crippen LogP contribution in [0.1, 0.15) is 23.7 Å². The van der Waals surface area contributed by atoms with Gasteiger partial charge in [0.1, 0.15) is 11.9 Å². The number of methoxy groups -OCH3 is 1. The van der Waals surface area contributed by atoms with Gasteiger partial charge in [-0.05, 0) is 13.0 Å². The summed E-state index contributed by atoms with van der Waals surface area (Å²) in [5.41, 5.74) is 0.729. The largest absolute Gasteiger partial charge is 0.469 e. The zero-order valence-corrected chi connectivity index (χ0v) is 9.68. The van der Waals surface area contributed by atoms with E-state index in [1.165, 1.54) is 19.2 Å². The molecule has 0 bridgehead atoms. The maximum Gasteiger partial charge on any atom is 0.308 e. The molecule has 17 heavy (non-hydrogen) atoms. The molecule has 0 aliphatic heterocycles. The Bertz CT molecular complexity index is 405. The number of benzene rings is 1. The number of ether oxygens (including phenoxy) is 1. The van der Waals surface area contributed by atoms with Crippen LogP contribution in [0.25, 0.3) is 0 Å². The predicted molar refractivity (Wildman–Crippen MR) is 58.7 cm³/mol. The highest BCUT2D eigenvalue weighted by molar-refractivity contribution is 5.69. The van der Waals surface area contributed by atoms with Crippen LogP contribution in [0.2, 0.25) is 0 Å². The van der Waals surface area contributed by atoms with E-state index in [1.54, 1.807) is 13.0 Å². The van der Waals surface area contributed by atoms with Gasteiger partial charge in [-0.2, -0.15) is 0 Å². The van der Waals surface area contributed by atoms with Crippen molar-refractivity contribution in [1.82, 2.24) is 0 Å². The lowest BCUT2D eigenvalue weighted by Crippen LogP contribution is -2.23. The molecule has 94 valence electrons. The molecule has 0 saturated carbocycles. The molecule has 0 aliphatic carbocycles. The van der Waals surface area contributed by atoms with E-state index in [-0.39, 0.29) is 12.0 Å². The van der Waals surface area contributed by atoms with Crippen LogP contribution < -0.4 is 0 Å². The summed E-state index contributed by atoms with van der Waals surface area (Å²) in [6.07, 6.45) is -3.22. The minimum atomic E-state index is -1.45. The highest BCUT2D eigenvalue weighted by Crippen LogP contribution is 2.23. The number of aliphatic hydroxyl groups is 2. The summed E-state index contributed by atoms with van der Waals surface area (Å²) in [5, 5.41) is 19.3. The second-order valence-corrected chi connectivity index (χ2v) is 3.82. The molecule has 1 rings (SSSR count). The Kier molecular flexibility index (Phi) is 4.60. The Hall–Kier alpha value is -1.46. The first kappa shape index (κ1) is 13.6. The molecule has 2 N–H and O–H groups in total. The van der Waals surface area contributed by atoms with E-state index in [4.69, 9.17) is 0 Å². The summed E-state index contributed by atoms with van der Waals surface area (Å²) >= 11 is 0. The molecule has 0 saturated heterocycles. The number of carbonyl (C=O) groups excluding carboxylic acids is 1. The molecular formula is C12H15FO4. The molecule has 5 heteroatoms. The van der Waals surface area contributed by atoms with Gasteiger partial charge < -0.3 is 14.9 Å². The normalized spacial score (nSPS) is 14.2. The Labute approximate surface area is 98.7 Å². The van der Waals surface area contributed by atoms with Crippen molar-refractivity contribution in [3.05, 3.63) is 35.1 Å². The molecular weight excluding hydrogens is 227 g/mol. The zero-order chi connectivity index (χ0) is 13.0. The molecule has 0 heterocycles. The number of hydrogen-bond donors (Lipinski definition) is 2. The van der Waals surface area contributed by atoms with E-state index >= 15 is 0 Å². The fourth-order valence-corrected chi connectivity index (χ4v) is 1.46. The van der Waals surface area contributed by atoms with Gasteiger partial charge in [0, 0.05) is 5.56 Å². The summed E-state index contributed by atoms with van der Waals surface area (Å²) in [7, 11) is 1.18. The predicted octanol–water partition coefficient (Wildman–Crippen LogP) is 1.09. The lowest BCUT2D eigenvalue weighted by molar-refractivity contribution is -0.144. The Morgan fingerprint density at radius 1 is 1.47 bits per heavy atom. The van der Waals surface area contributed by atoms with Crippen LogP contribution in [0.15, 0.2) is 18.2 Å². The van der Waals surface area contributed by atoms with E-state index < -0.39 is 24.0 Å².